The van der Waals surface area contributed by atoms with Gasteiger partial charge in [0, 0.05) is 24.6 Å². The van der Waals surface area contributed by atoms with E-state index in [0.29, 0.717) is 24.5 Å². The minimum Gasteiger partial charge on any atom is -0.493 e. The second-order valence-electron chi connectivity index (χ2n) is 4.98. The molecule has 0 aliphatic carbocycles. The van der Waals surface area contributed by atoms with Gasteiger partial charge in [0.2, 0.25) is 5.91 Å². The first kappa shape index (κ1) is 14.7. The molecule has 5 heteroatoms. The maximum atomic E-state index is 12.1. The number of rotatable bonds is 5. The highest BCUT2D eigenvalue weighted by molar-refractivity contribution is 5.80. The first-order chi connectivity index (χ1) is 9.63. The molecule has 110 valence electrons. The van der Waals surface area contributed by atoms with Crippen molar-refractivity contribution in [1.29, 1.82) is 0 Å². The number of amides is 1. The molecule has 1 aromatic carbocycles. The van der Waals surface area contributed by atoms with Gasteiger partial charge in [-0.05, 0) is 12.5 Å². The smallest absolute Gasteiger partial charge is 0.224 e. The van der Waals surface area contributed by atoms with E-state index in [1.807, 2.05) is 23.1 Å². The molecule has 1 amide bonds. The van der Waals surface area contributed by atoms with Crippen molar-refractivity contribution in [2.75, 3.05) is 20.8 Å². The summed E-state index contributed by atoms with van der Waals surface area (Å²) in [4.78, 5) is 13.9. The van der Waals surface area contributed by atoms with E-state index in [-0.39, 0.29) is 18.0 Å². The average molecular weight is 278 g/mol. The minimum atomic E-state index is -0.213. The lowest BCUT2D eigenvalue weighted by Gasteiger charge is -2.28. The van der Waals surface area contributed by atoms with Crippen LogP contribution in [0, 0.1) is 0 Å². The van der Waals surface area contributed by atoms with Crippen molar-refractivity contribution in [2.45, 2.75) is 31.8 Å². The van der Waals surface area contributed by atoms with Gasteiger partial charge < -0.3 is 20.1 Å². The number of nitrogens with two attached hydrogens (primary N) is 1. The standard InChI is InChI=1S/C15H22N2O3/c1-4-8-17-13(18)9-11(16)14(17)10-6-5-7-12(19-2)15(10)20-3/h5-7,11,14H,4,8-9,16H2,1-3H3. The number of hydrogen-bond acceptors (Lipinski definition) is 4. The highest BCUT2D eigenvalue weighted by Crippen LogP contribution is 2.41. The molecule has 2 N–H and O–H groups in total. The van der Waals surface area contributed by atoms with Crippen LogP contribution in [0.2, 0.25) is 0 Å². The Kier molecular flexibility index (Phi) is 4.49. The van der Waals surface area contributed by atoms with Gasteiger partial charge >= 0.3 is 0 Å². The van der Waals surface area contributed by atoms with E-state index in [2.05, 4.69) is 6.92 Å². The van der Waals surface area contributed by atoms with Crippen molar-refractivity contribution in [2.24, 2.45) is 5.73 Å². The van der Waals surface area contributed by atoms with Gasteiger partial charge in [-0.3, -0.25) is 4.79 Å². The highest BCUT2D eigenvalue weighted by Gasteiger charge is 2.39. The summed E-state index contributed by atoms with van der Waals surface area (Å²) in [5, 5.41) is 0. The van der Waals surface area contributed by atoms with Crippen molar-refractivity contribution >= 4 is 5.91 Å². The van der Waals surface area contributed by atoms with Crippen LogP contribution in [0.3, 0.4) is 0 Å². The molecule has 2 atom stereocenters. The van der Waals surface area contributed by atoms with Crippen LogP contribution in [0.25, 0.3) is 0 Å². The SMILES string of the molecule is CCCN1C(=O)CC(N)C1c1cccc(OC)c1OC. The van der Waals surface area contributed by atoms with Crippen LogP contribution in [0.4, 0.5) is 0 Å². The van der Waals surface area contributed by atoms with Crippen molar-refractivity contribution in [3.05, 3.63) is 23.8 Å². The normalized spacial score (nSPS) is 22.2. The van der Waals surface area contributed by atoms with Gasteiger partial charge in [-0.15, -0.1) is 0 Å². The number of carbonyl (C=O) groups is 1. The van der Waals surface area contributed by atoms with Crippen molar-refractivity contribution in [1.82, 2.24) is 4.90 Å². The Morgan fingerprint density at radius 2 is 2.10 bits per heavy atom. The largest absolute Gasteiger partial charge is 0.493 e. The molecule has 2 unspecified atom stereocenters. The Morgan fingerprint density at radius 3 is 2.70 bits per heavy atom. The molecule has 20 heavy (non-hydrogen) atoms. The van der Waals surface area contributed by atoms with Gasteiger partial charge in [0.1, 0.15) is 0 Å². The fraction of sp³-hybridized carbons (Fsp3) is 0.533. The Hall–Kier alpha value is -1.75. The van der Waals surface area contributed by atoms with Gasteiger partial charge in [-0.2, -0.15) is 0 Å². The highest BCUT2D eigenvalue weighted by atomic mass is 16.5. The molecule has 0 aromatic heterocycles. The number of methoxy groups -OCH3 is 2. The minimum absolute atomic E-state index is 0.106. The molecule has 0 radical (unpaired) electrons. The van der Waals surface area contributed by atoms with Crippen molar-refractivity contribution in [3.63, 3.8) is 0 Å². The lowest BCUT2D eigenvalue weighted by atomic mass is 9.99. The predicted octanol–water partition coefficient (Wildman–Crippen LogP) is 1.71. The number of likely N-dealkylation sites (tertiary alicyclic amines) is 1. The lowest BCUT2D eigenvalue weighted by molar-refractivity contribution is -0.129. The molecule has 1 fully saturated rings. The first-order valence-corrected chi connectivity index (χ1v) is 6.90. The summed E-state index contributed by atoms with van der Waals surface area (Å²) in [7, 11) is 3.21. The van der Waals surface area contributed by atoms with E-state index in [1.165, 1.54) is 0 Å². The molecule has 0 bridgehead atoms. The van der Waals surface area contributed by atoms with Gasteiger partial charge in [0.25, 0.3) is 0 Å². The summed E-state index contributed by atoms with van der Waals surface area (Å²) in [6.07, 6.45) is 1.28. The Bertz CT molecular complexity index is 490. The maximum Gasteiger partial charge on any atom is 0.224 e. The zero-order valence-corrected chi connectivity index (χ0v) is 12.3. The van der Waals surface area contributed by atoms with E-state index < -0.39 is 0 Å². The van der Waals surface area contributed by atoms with Crippen LogP contribution >= 0.6 is 0 Å². The lowest BCUT2D eigenvalue weighted by Crippen LogP contribution is -2.33. The first-order valence-electron chi connectivity index (χ1n) is 6.90. The van der Waals surface area contributed by atoms with Crippen LogP contribution < -0.4 is 15.2 Å². The molecule has 0 saturated carbocycles. The molecule has 1 aliphatic heterocycles. The van der Waals surface area contributed by atoms with Crippen LogP contribution in [0.1, 0.15) is 31.4 Å². The molecule has 0 spiro atoms. The molecule has 2 rings (SSSR count). The molecule has 1 aliphatic rings. The summed E-state index contributed by atoms with van der Waals surface area (Å²) < 4.78 is 10.8. The van der Waals surface area contributed by atoms with Crippen LogP contribution in [-0.4, -0.2) is 37.6 Å². The molecule has 1 saturated heterocycles. The second-order valence-corrected chi connectivity index (χ2v) is 4.98. The Balaban J connectivity index is 2.45. The van der Waals surface area contributed by atoms with Crippen molar-refractivity contribution < 1.29 is 14.3 Å². The summed E-state index contributed by atoms with van der Waals surface area (Å²) in [6, 6.07) is 5.33. The van der Waals surface area contributed by atoms with Gasteiger partial charge in [0.15, 0.2) is 11.5 Å². The topological polar surface area (TPSA) is 64.8 Å². The quantitative estimate of drug-likeness (QED) is 0.890. The summed E-state index contributed by atoms with van der Waals surface area (Å²) in [5.41, 5.74) is 7.09. The summed E-state index contributed by atoms with van der Waals surface area (Å²) >= 11 is 0. The third kappa shape index (κ3) is 2.45. The zero-order chi connectivity index (χ0) is 14.7. The number of para-hydroxylation sites is 1. The third-order valence-electron chi connectivity index (χ3n) is 3.69. The number of nitrogens with zero attached hydrogens (tertiary/aromatic N) is 1. The average Bonchev–Trinajstić information content (AvgIpc) is 2.72. The van der Waals surface area contributed by atoms with Gasteiger partial charge in [-0.1, -0.05) is 19.1 Å². The van der Waals surface area contributed by atoms with E-state index in [0.717, 1.165) is 12.0 Å². The molecule has 5 nitrogen and oxygen atoms in total. The number of hydrogen-bond donors (Lipinski definition) is 1. The van der Waals surface area contributed by atoms with E-state index in [1.54, 1.807) is 14.2 Å². The number of ether oxygens (including phenoxy) is 2. The summed E-state index contributed by atoms with van der Waals surface area (Å²) in [6.45, 7) is 2.76. The van der Waals surface area contributed by atoms with Gasteiger partial charge in [-0.25, -0.2) is 0 Å². The van der Waals surface area contributed by atoms with E-state index in [4.69, 9.17) is 15.2 Å². The Labute approximate surface area is 119 Å². The predicted molar refractivity (Wildman–Crippen MR) is 76.9 cm³/mol. The monoisotopic (exact) mass is 278 g/mol. The number of carbonyl (C=O) groups excluding carboxylic acids is 1. The zero-order valence-electron chi connectivity index (χ0n) is 12.3. The number of benzene rings is 1. The Morgan fingerprint density at radius 1 is 1.35 bits per heavy atom. The summed E-state index contributed by atoms with van der Waals surface area (Å²) in [5.74, 6) is 1.42. The third-order valence-corrected chi connectivity index (χ3v) is 3.69. The van der Waals surface area contributed by atoms with Crippen molar-refractivity contribution in [3.8, 4) is 11.5 Å². The van der Waals surface area contributed by atoms with E-state index >= 15 is 0 Å². The fourth-order valence-electron chi connectivity index (χ4n) is 2.86. The molecule has 1 heterocycles. The van der Waals surface area contributed by atoms with Crippen LogP contribution in [0.15, 0.2) is 18.2 Å². The van der Waals surface area contributed by atoms with Gasteiger partial charge in [0.05, 0.1) is 20.3 Å². The van der Waals surface area contributed by atoms with E-state index in [9.17, 15) is 4.79 Å². The van der Waals surface area contributed by atoms with Crippen LogP contribution in [-0.2, 0) is 4.79 Å². The van der Waals surface area contributed by atoms with Crippen LogP contribution in [0.5, 0.6) is 11.5 Å². The molecule has 1 aromatic rings. The second kappa shape index (κ2) is 6.13. The fourth-order valence-corrected chi connectivity index (χ4v) is 2.86. The molecular formula is C15H22N2O3. The molecular weight excluding hydrogens is 256 g/mol. The maximum absolute atomic E-state index is 12.1.